The molecule has 1 saturated heterocycles. The van der Waals surface area contributed by atoms with Gasteiger partial charge in [0.2, 0.25) is 0 Å². The molecule has 2 nitrogen and oxygen atoms in total. The molecule has 1 heterocycles. The first-order chi connectivity index (χ1) is 9.19. The minimum absolute atomic E-state index is 0.622. The van der Waals surface area contributed by atoms with Crippen molar-refractivity contribution in [3.05, 3.63) is 29.8 Å². The first kappa shape index (κ1) is 14.4. The van der Waals surface area contributed by atoms with Crippen molar-refractivity contribution in [3.63, 3.8) is 0 Å². The smallest absolute Gasteiger partial charge is 0.0366 e. The van der Waals surface area contributed by atoms with E-state index in [9.17, 15) is 0 Å². The van der Waals surface area contributed by atoms with Crippen LogP contribution in [0.2, 0.25) is 0 Å². The molecule has 1 aliphatic heterocycles. The highest BCUT2D eigenvalue weighted by molar-refractivity contribution is 5.47. The Morgan fingerprint density at radius 1 is 1.05 bits per heavy atom. The van der Waals surface area contributed by atoms with Crippen LogP contribution in [-0.2, 0) is 6.42 Å². The Kier molecular flexibility index (Phi) is 5.26. The summed E-state index contributed by atoms with van der Waals surface area (Å²) in [6.45, 7) is 9.15. The van der Waals surface area contributed by atoms with Crippen molar-refractivity contribution < 1.29 is 0 Å². The fourth-order valence-corrected chi connectivity index (χ4v) is 2.88. The molecule has 19 heavy (non-hydrogen) atoms. The summed E-state index contributed by atoms with van der Waals surface area (Å²) in [5.74, 6) is 0. The number of benzene rings is 1. The molecule has 0 amide bonds. The van der Waals surface area contributed by atoms with Gasteiger partial charge in [0.15, 0.2) is 0 Å². The fourth-order valence-electron chi connectivity index (χ4n) is 2.88. The standard InChI is InChI=1S/C17H28N2/c1-4-5-16-6-8-17(9-7-16)19-12-10-14(2)18-15(3)11-13-19/h6-9,14-15,18H,4-5,10-13H2,1-3H3. The van der Waals surface area contributed by atoms with Crippen LogP contribution in [0, 0.1) is 0 Å². The molecule has 2 atom stereocenters. The molecule has 0 spiro atoms. The highest BCUT2D eigenvalue weighted by atomic mass is 15.1. The number of hydrogen-bond acceptors (Lipinski definition) is 2. The van der Waals surface area contributed by atoms with Gasteiger partial charge in [-0.05, 0) is 50.8 Å². The van der Waals surface area contributed by atoms with Crippen LogP contribution in [0.3, 0.4) is 0 Å². The van der Waals surface area contributed by atoms with E-state index in [-0.39, 0.29) is 0 Å². The normalized spacial score (nSPS) is 24.9. The largest absolute Gasteiger partial charge is 0.371 e. The van der Waals surface area contributed by atoms with E-state index in [0.29, 0.717) is 12.1 Å². The molecule has 0 radical (unpaired) electrons. The van der Waals surface area contributed by atoms with Crippen molar-refractivity contribution >= 4 is 5.69 Å². The second-order valence-electron chi connectivity index (χ2n) is 5.95. The second kappa shape index (κ2) is 6.95. The minimum atomic E-state index is 0.622. The molecule has 1 fully saturated rings. The molecule has 2 heteroatoms. The van der Waals surface area contributed by atoms with Gasteiger partial charge in [0, 0.05) is 30.9 Å². The number of hydrogen-bond donors (Lipinski definition) is 1. The van der Waals surface area contributed by atoms with Gasteiger partial charge in [-0.2, -0.15) is 0 Å². The van der Waals surface area contributed by atoms with Gasteiger partial charge >= 0.3 is 0 Å². The molecule has 1 aromatic carbocycles. The lowest BCUT2D eigenvalue weighted by molar-refractivity contribution is 0.404. The van der Waals surface area contributed by atoms with E-state index in [1.165, 1.54) is 36.9 Å². The second-order valence-corrected chi connectivity index (χ2v) is 5.95. The van der Waals surface area contributed by atoms with Gasteiger partial charge in [0.1, 0.15) is 0 Å². The maximum absolute atomic E-state index is 3.65. The first-order valence-corrected chi connectivity index (χ1v) is 7.79. The summed E-state index contributed by atoms with van der Waals surface area (Å²) >= 11 is 0. The van der Waals surface area contributed by atoms with Crippen LogP contribution in [0.15, 0.2) is 24.3 Å². The molecular weight excluding hydrogens is 232 g/mol. The van der Waals surface area contributed by atoms with Crippen molar-refractivity contribution in [3.8, 4) is 0 Å². The maximum atomic E-state index is 3.65. The van der Waals surface area contributed by atoms with Gasteiger partial charge in [0.25, 0.3) is 0 Å². The lowest BCUT2D eigenvalue weighted by atomic mass is 10.1. The van der Waals surface area contributed by atoms with Gasteiger partial charge < -0.3 is 10.2 Å². The molecule has 0 aliphatic carbocycles. The van der Waals surface area contributed by atoms with Crippen LogP contribution in [0.1, 0.15) is 45.6 Å². The topological polar surface area (TPSA) is 15.3 Å². The van der Waals surface area contributed by atoms with Crippen molar-refractivity contribution in [1.29, 1.82) is 0 Å². The van der Waals surface area contributed by atoms with Crippen molar-refractivity contribution in [1.82, 2.24) is 5.32 Å². The number of anilines is 1. The van der Waals surface area contributed by atoms with E-state index >= 15 is 0 Å². The summed E-state index contributed by atoms with van der Waals surface area (Å²) in [5, 5.41) is 3.65. The average molecular weight is 260 g/mol. The van der Waals surface area contributed by atoms with Crippen LogP contribution in [0.25, 0.3) is 0 Å². The molecule has 106 valence electrons. The summed E-state index contributed by atoms with van der Waals surface area (Å²) in [6.07, 6.45) is 4.87. The van der Waals surface area contributed by atoms with Gasteiger partial charge in [0.05, 0.1) is 0 Å². The van der Waals surface area contributed by atoms with Crippen molar-refractivity contribution in [2.24, 2.45) is 0 Å². The Morgan fingerprint density at radius 3 is 2.16 bits per heavy atom. The Hall–Kier alpha value is -1.02. The van der Waals surface area contributed by atoms with Gasteiger partial charge in [-0.25, -0.2) is 0 Å². The lowest BCUT2D eigenvalue weighted by Gasteiger charge is -2.32. The van der Waals surface area contributed by atoms with Crippen LogP contribution in [0.5, 0.6) is 0 Å². The Morgan fingerprint density at radius 2 is 1.63 bits per heavy atom. The van der Waals surface area contributed by atoms with Gasteiger partial charge in [-0.3, -0.25) is 0 Å². The Balaban J connectivity index is 2.02. The monoisotopic (exact) mass is 260 g/mol. The van der Waals surface area contributed by atoms with Crippen LogP contribution < -0.4 is 10.2 Å². The zero-order valence-electron chi connectivity index (χ0n) is 12.7. The van der Waals surface area contributed by atoms with E-state index in [4.69, 9.17) is 0 Å². The summed E-state index contributed by atoms with van der Waals surface area (Å²) < 4.78 is 0. The SMILES string of the molecule is CCCc1ccc(N2CCC(C)NC(C)CC2)cc1. The summed E-state index contributed by atoms with van der Waals surface area (Å²) in [6, 6.07) is 10.4. The lowest BCUT2D eigenvalue weighted by Crippen LogP contribution is -2.43. The molecule has 1 N–H and O–H groups in total. The third kappa shape index (κ3) is 4.24. The molecule has 1 aliphatic rings. The molecule has 2 rings (SSSR count). The minimum Gasteiger partial charge on any atom is -0.371 e. The van der Waals surface area contributed by atoms with E-state index < -0.39 is 0 Å². The molecular formula is C17H28N2. The first-order valence-electron chi connectivity index (χ1n) is 7.79. The predicted molar refractivity (Wildman–Crippen MR) is 83.9 cm³/mol. The van der Waals surface area contributed by atoms with E-state index in [1.54, 1.807) is 0 Å². The zero-order valence-corrected chi connectivity index (χ0v) is 12.7. The van der Waals surface area contributed by atoms with E-state index in [1.807, 2.05) is 0 Å². The van der Waals surface area contributed by atoms with Crippen molar-refractivity contribution in [2.75, 3.05) is 18.0 Å². The highest BCUT2D eigenvalue weighted by Crippen LogP contribution is 2.19. The zero-order chi connectivity index (χ0) is 13.7. The number of aryl methyl sites for hydroxylation is 1. The maximum Gasteiger partial charge on any atom is 0.0366 e. The van der Waals surface area contributed by atoms with Crippen LogP contribution in [0.4, 0.5) is 5.69 Å². The highest BCUT2D eigenvalue weighted by Gasteiger charge is 2.16. The van der Waals surface area contributed by atoms with Crippen LogP contribution in [-0.4, -0.2) is 25.2 Å². The predicted octanol–water partition coefficient (Wildman–Crippen LogP) is 3.61. The fraction of sp³-hybridized carbons (Fsp3) is 0.647. The number of nitrogens with one attached hydrogen (secondary N) is 1. The number of rotatable bonds is 3. The van der Waals surface area contributed by atoms with Crippen molar-refractivity contribution in [2.45, 2.75) is 58.5 Å². The Bertz CT molecular complexity index is 359. The summed E-state index contributed by atoms with van der Waals surface area (Å²) in [5.41, 5.74) is 2.85. The third-order valence-corrected chi connectivity index (χ3v) is 4.07. The summed E-state index contributed by atoms with van der Waals surface area (Å²) in [4.78, 5) is 2.55. The molecule has 0 bridgehead atoms. The average Bonchev–Trinajstić information content (AvgIpc) is 2.38. The Labute approximate surface area is 118 Å². The molecule has 2 unspecified atom stereocenters. The number of nitrogens with zero attached hydrogens (tertiary/aromatic N) is 1. The molecule has 0 saturated carbocycles. The molecule has 0 aromatic heterocycles. The van der Waals surface area contributed by atoms with E-state index in [0.717, 1.165) is 13.1 Å². The molecule has 1 aromatic rings. The summed E-state index contributed by atoms with van der Waals surface area (Å²) in [7, 11) is 0. The quantitative estimate of drug-likeness (QED) is 0.893. The van der Waals surface area contributed by atoms with Crippen LogP contribution >= 0.6 is 0 Å². The third-order valence-electron chi connectivity index (χ3n) is 4.07. The van der Waals surface area contributed by atoms with Gasteiger partial charge in [-0.15, -0.1) is 0 Å². The van der Waals surface area contributed by atoms with E-state index in [2.05, 4.69) is 55.3 Å². The van der Waals surface area contributed by atoms with Gasteiger partial charge in [-0.1, -0.05) is 25.5 Å².